The molecule has 14 heavy (non-hydrogen) atoms. The molecule has 0 spiro atoms. The van der Waals surface area contributed by atoms with Crippen molar-refractivity contribution in [2.75, 3.05) is 19.7 Å². The van der Waals surface area contributed by atoms with Gasteiger partial charge in [0.05, 0.1) is 0 Å². The summed E-state index contributed by atoms with van der Waals surface area (Å²) in [5.41, 5.74) is 0.0542. The molecule has 1 aliphatic heterocycles. The molecule has 0 aliphatic carbocycles. The van der Waals surface area contributed by atoms with Gasteiger partial charge >= 0.3 is 0 Å². The van der Waals surface area contributed by atoms with Crippen molar-refractivity contribution < 1.29 is 5.11 Å². The lowest BCUT2D eigenvalue weighted by Gasteiger charge is -2.34. The van der Waals surface area contributed by atoms with Gasteiger partial charge < -0.3 is 10.0 Å². The standard InChI is InChI=1S/C12H25NO/c1-11-7-5-4-6-8-13(11)9-12(2,3)10-14/h11,14H,4-10H2,1-3H3. The second kappa shape index (κ2) is 5.13. The third-order valence-corrected chi connectivity index (χ3v) is 3.25. The minimum Gasteiger partial charge on any atom is -0.396 e. The van der Waals surface area contributed by atoms with Crippen LogP contribution in [0.3, 0.4) is 0 Å². The van der Waals surface area contributed by atoms with E-state index >= 15 is 0 Å². The molecule has 0 saturated carbocycles. The van der Waals surface area contributed by atoms with Crippen LogP contribution in [0.4, 0.5) is 0 Å². The third kappa shape index (κ3) is 3.58. The predicted molar refractivity (Wildman–Crippen MR) is 60.4 cm³/mol. The van der Waals surface area contributed by atoms with Crippen molar-refractivity contribution in [1.29, 1.82) is 0 Å². The van der Waals surface area contributed by atoms with Gasteiger partial charge in [-0.3, -0.25) is 0 Å². The largest absolute Gasteiger partial charge is 0.396 e. The molecule has 0 aromatic rings. The first-order valence-corrected chi connectivity index (χ1v) is 5.90. The minimum absolute atomic E-state index is 0.0542. The maximum absolute atomic E-state index is 9.25. The maximum Gasteiger partial charge on any atom is 0.0494 e. The zero-order valence-electron chi connectivity index (χ0n) is 9.92. The molecule has 1 fully saturated rings. The van der Waals surface area contributed by atoms with Gasteiger partial charge in [-0.25, -0.2) is 0 Å². The Morgan fingerprint density at radius 2 is 2.00 bits per heavy atom. The summed E-state index contributed by atoms with van der Waals surface area (Å²) in [5.74, 6) is 0. The second-order valence-corrected chi connectivity index (χ2v) is 5.49. The monoisotopic (exact) mass is 199 g/mol. The average Bonchev–Trinajstić information content (AvgIpc) is 2.32. The molecule has 84 valence electrons. The summed E-state index contributed by atoms with van der Waals surface area (Å²) >= 11 is 0. The molecule has 2 heteroatoms. The van der Waals surface area contributed by atoms with Gasteiger partial charge in [0.2, 0.25) is 0 Å². The predicted octanol–water partition coefficient (Wildman–Crippen LogP) is 2.27. The van der Waals surface area contributed by atoms with E-state index in [9.17, 15) is 5.11 Å². The lowest BCUT2D eigenvalue weighted by atomic mass is 9.93. The van der Waals surface area contributed by atoms with Crippen molar-refractivity contribution in [1.82, 2.24) is 4.90 Å². The fraction of sp³-hybridized carbons (Fsp3) is 1.00. The van der Waals surface area contributed by atoms with Crippen molar-refractivity contribution >= 4 is 0 Å². The van der Waals surface area contributed by atoms with E-state index in [1.165, 1.54) is 32.2 Å². The van der Waals surface area contributed by atoms with Crippen LogP contribution in [-0.2, 0) is 0 Å². The average molecular weight is 199 g/mol. The number of nitrogens with zero attached hydrogens (tertiary/aromatic N) is 1. The zero-order valence-corrected chi connectivity index (χ0v) is 9.92. The highest BCUT2D eigenvalue weighted by atomic mass is 16.3. The van der Waals surface area contributed by atoms with Crippen LogP contribution in [0.2, 0.25) is 0 Å². The molecule has 0 radical (unpaired) electrons. The first-order chi connectivity index (χ1) is 6.55. The summed E-state index contributed by atoms with van der Waals surface area (Å²) in [4.78, 5) is 2.54. The fourth-order valence-electron chi connectivity index (χ4n) is 2.17. The molecule has 0 aromatic carbocycles. The molecular weight excluding hydrogens is 174 g/mol. The van der Waals surface area contributed by atoms with Gasteiger partial charge in [0.1, 0.15) is 0 Å². The number of rotatable bonds is 3. The van der Waals surface area contributed by atoms with Gasteiger partial charge in [-0.2, -0.15) is 0 Å². The van der Waals surface area contributed by atoms with E-state index in [0.717, 1.165) is 6.54 Å². The van der Waals surface area contributed by atoms with Gasteiger partial charge in [-0.15, -0.1) is 0 Å². The Kier molecular flexibility index (Phi) is 4.39. The molecule has 1 rings (SSSR count). The first kappa shape index (κ1) is 12.0. The molecule has 1 unspecified atom stereocenters. The van der Waals surface area contributed by atoms with Gasteiger partial charge in [0, 0.05) is 24.6 Å². The van der Waals surface area contributed by atoms with Crippen LogP contribution in [0.15, 0.2) is 0 Å². The molecule has 2 nitrogen and oxygen atoms in total. The van der Waals surface area contributed by atoms with E-state index in [-0.39, 0.29) is 12.0 Å². The van der Waals surface area contributed by atoms with Crippen LogP contribution in [0.1, 0.15) is 46.5 Å². The highest BCUT2D eigenvalue weighted by Gasteiger charge is 2.24. The smallest absolute Gasteiger partial charge is 0.0494 e. The SMILES string of the molecule is CC1CCCCCN1CC(C)(C)CO. The Labute approximate surface area is 88.3 Å². The number of hydrogen-bond acceptors (Lipinski definition) is 2. The second-order valence-electron chi connectivity index (χ2n) is 5.49. The van der Waals surface area contributed by atoms with E-state index in [4.69, 9.17) is 0 Å². The van der Waals surface area contributed by atoms with E-state index in [2.05, 4.69) is 25.7 Å². The van der Waals surface area contributed by atoms with E-state index in [1.54, 1.807) is 0 Å². The van der Waals surface area contributed by atoms with Crippen LogP contribution in [0, 0.1) is 5.41 Å². The highest BCUT2D eigenvalue weighted by Crippen LogP contribution is 2.22. The van der Waals surface area contributed by atoms with E-state index in [0.29, 0.717) is 6.04 Å². The Hall–Kier alpha value is -0.0800. The molecule has 1 saturated heterocycles. The van der Waals surface area contributed by atoms with Crippen LogP contribution in [0.5, 0.6) is 0 Å². The normalized spacial score (nSPS) is 26.1. The van der Waals surface area contributed by atoms with Crippen LogP contribution in [-0.4, -0.2) is 35.7 Å². The Morgan fingerprint density at radius 1 is 1.29 bits per heavy atom. The van der Waals surface area contributed by atoms with Crippen molar-refractivity contribution in [3.63, 3.8) is 0 Å². The molecule has 0 amide bonds. The third-order valence-electron chi connectivity index (χ3n) is 3.25. The summed E-state index contributed by atoms with van der Waals surface area (Å²) in [6.45, 7) is 9.14. The molecule has 0 bridgehead atoms. The molecule has 0 aromatic heterocycles. The van der Waals surface area contributed by atoms with Crippen molar-refractivity contribution in [3.05, 3.63) is 0 Å². The number of likely N-dealkylation sites (tertiary alicyclic amines) is 1. The van der Waals surface area contributed by atoms with Crippen molar-refractivity contribution in [2.24, 2.45) is 5.41 Å². The summed E-state index contributed by atoms with van der Waals surface area (Å²) in [6.07, 6.45) is 5.39. The number of aliphatic hydroxyl groups excluding tert-OH is 1. The van der Waals surface area contributed by atoms with E-state index in [1.807, 2.05) is 0 Å². The van der Waals surface area contributed by atoms with Gasteiger partial charge in [0.25, 0.3) is 0 Å². The Balaban J connectivity index is 2.48. The molecule has 1 aliphatic rings. The van der Waals surface area contributed by atoms with Gasteiger partial charge in [-0.1, -0.05) is 26.7 Å². The summed E-state index contributed by atoms with van der Waals surface area (Å²) in [7, 11) is 0. The lowest BCUT2D eigenvalue weighted by molar-refractivity contribution is 0.0843. The summed E-state index contributed by atoms with van der Waals surface area (Å²) < 4.78 is 0. The molecular formula is C12H25NO. The summed E-state index contributed by atoms with van der Waals surface area (Å²) in [5, 5.41) is 9.25. The number of aliphatic hydroxyl groups is 1. The van der Waals surface area contributed by atoms with Crippen molar-refractivity contribution in [2.45, 2.75) is 52.5 Å². The van der Waals surface area contributed by atoms with Crippen molar-refractivity contribution in [3.8, 4) is 0 Å². The van der Waals surface area contributed by atoms with Gasteiger partial charge in [0.15, 0.2) is 0 Å². The fourth-order valence-corrected chi connectivity index (χ4v) is 2.17. The van der Waals surface area contributed by atoms with Crippen LogP contribution >= 0.6 is 0 Å². The van der Waals surface area contributed by atoms with Gasteiger partial charge in [-0.05, 0) is 26.3 Å². The Morgan fingerprint density at radius 3 is 2.64 bits per heavy atom. The zero-order chi connectivity index (χ0) is 10.6. The molecule has 1 atom stereocenters. The topological polar surface area (TPSA) is 23.5 Å². The first-order valence-electron chi connectivity index (χ1n) is 5.90. The summed E-state index contributed by atoms with van der Waals surface area (Å²) in [6, 6.07) is 0.698. The van der Waals surface area contributed by atoms with E-state index < -0.39 is 0 Å². The highest BCUT2D eigenvalue weighted by molar-refractivity contribution is 4.78. The van der Waals surface area contributed by atoms with Crippen LogP contribution < -0.4 is 0 Å². The minimum atomic E-state index is 0.0542. The Bertz CT molecular complexity index is 168. The lowest BCUT2D eigenvalue weighted by Crippen LogP contribution is -2.41. The maximum atomic E-state index is 9.25. The number of hydrogen-bond donors (Lipinski definition) is 1. The van der Waals surface area contributed by atoms with Crippen LogP contribution in [0.25, 0.3) is 0 Å². The molecule has 1 heterocycles. The molecule has 1 N–H and O–H groups in total. The quantitative estimate of drug-likeness (QED) is 0.753.